The molecule has 1 aromatic carbocycles. The Kier molecular flexibility index (Phi) is 6.42. The number of hydrogen-bond donors (Lipinski definition) is 1. The van der Waals surface area contributed by atoms with Crippen molar-refractivity contribution < 1.29 is 18.8 Å². The first-order valence-electron chi connectivity index (χ1n) is 7.90. The maximum Gasteiger partial charge on any atom is 0.244 e. The predicted octanol–water partition coefficient (Wildman–Crippen LogP) is 3.11. The molecule has 2 aromatic rings. The fraction of sp³-hybridized carbons (Fsp3) is 0.333. The quantitative estimate of drug-likeness (QED) is 0.753. The van der Waals surface area contributed by atoms with Crippen LogP contribution in [0.1, 0.15) is 30.9 Å². The number of amides is 1. The molecule has 1 amide bonds. The molecule has 1 heterocycles. The zero-order chi connectivity index (χ0) is 17.4. The van der Waals surface area contributed by atoms with E-state index in [1.165, 1.54) is 6.08 Å². The normalized spacial score (nSPS) is 10.8. The minimum absolute atomic E-state index is 0.212. The van der Waals surface area contributed by atoms with Crippen LogP contribution < -0.4 is 14.8 Å². The van der Waals surface area contributed by atoms with Gasteiger partial charge in [0, 0.05) is 12.1 Å². The van der Waals surface area contributed by atoms with E-state index >= 15 is 0 Å². The number of nitrogens with one attached hydrogen (secondary N) is 1. The maximum absolute atomic E-state index is 11.9. The van der Waals surface area contributed by atoms with Crippen molar-refractivity contribution in [3.8, 4) is 11.5 Å². The molecular formula is C18H22N2O4. The van der Waals surface area contributed by atoms with Crippen molar-refractivity contribution in [1.29, 1.82) is 0 Å². The van der Waals surface area contributed by atoms with Crippen LogP contribution in [0.4, 0.5) is 0 Å². The highest BCUT2D eigenvalue weighted by molar-refractivity contribution is 5.91. The third-order valence-electron chi connectivity index (χ3n) is 3.11. The molecule has 24 heavy (non-hydrogen) atoms. The van der Waals surface area contributed by atoms with E-state index in [4.69, 9.17) is 14.0 Å². The average molecular weight is 330 g/mol. The van der Waals surface area contributed by atoms with E-state index in [9.17, 15) is 4.79 Å². The third-order valence-corrected chi connectivity index (χ3v) is 3.11. The molecule has 1 N–H and O–H groups in total. The second-order valence-corrected chi connectivity index (χ2v) is 5.06. The Morgan fingerprint density at radius 3 is 2.62 bits per heavy atom. The SMILES string of the molecule is CCOc1ccc(C=CC(=O)NCc2cc(C)no2)cc1OCC. The molecule has 0 radical (unpaired) electrons. The summed E-state index contributed by atoms with van der Waals surface area (Å²) in [5, 5.41) is 6.51. The van der Waals surface area contributed by atoms with Crippen LogP contribution in [0.3, 0.4) is 0 Å². The van der Waals surface area contributed by atoms with Crippen LogP contribution in [0.2, 0.25) is 0 Å². The van der Waals surface area contributed by atoms with Gasteiger partial charge in [0.1, 0.15) is 0 Å². The molecule has 0 atom stereocenters. The fourth-order valence-electron chi connectivity index (χ4n) is 2.08. The first-order chi connectivity index (χ1) is 11.6. The second-order valence-electron chi connectivity index (χ2n) is 5.06. The Bertz CT molecular complexity index is 707. The van der Waals surface area contributed by atoms with Gasteiger partial charge in [0.15, 0.2) is 17.3 Å². The Labute approximate surface area is 141 Å². The fourth-order valence-corrected chi connectivity index (χ4v) is 2.08. The minimum atomic E-state index is -0.212. The Hall–Kier alpha value is -2.76. The molecule has 0 aliphatic heterocycles. The van der Waals surface area contributed by atoms with Gasteiger partial charge >= 0.3 is 0 Å². The Balaban J connectivity index is 1.96. The van der Waals surface area contributed by atoms with Crippen molar-refractivity contribution >= 4 is 12.0 Å². The van der Waals surface area contributed by atoms with Crippen LogP contribution >= 0.6 is 0 Å². The number of benzene rings is 1. The van der Waals surface area contributed by atoms with Crippen molar-refractivity contribution in [2.24, 2.45) is 0 Å². The molecule has 2 rings (SSSR count). The summed E-state index contributed by atoms with van der Waals surface area (Å²) in [5.41, 5.74) is 1.64. The number of ether oxygens (including phenoxy) is 2. The number of carbonyl (C=O) groups is 1. The molecule has 0 bridgehead atoms. The molecule has 0 spiro atoms. The molecule has 1 aromatic heterocycles. The van der Waals surface area contributed by atoms with E-state index in [2.05, 4.69) is 10.5 Å². The number of carbonyl (C=O) groups excluding carboxylic acids is 1. The summed E-state index contributed by atoms with van der Waals surface area (Å²) in [7, 11) is 0. The van der Waals surface area contributed by atoms with Gasteiger partial charge in [-0.15, -0.1) is 0 Å². The van der Waals surface area contributed by atoms with E-state index in [1.807, 2.05) is 39.0 Å². The zero-order valence-corrected chi connectivity index (χ0v) is 14.2. The highest BCUT2D eigenvalue weighted by atomic mass is 16.5. The standard InChI is InChI=1S/C18H22N2O4/c1-4-22-16-8-6-14(11-17(16)23-5-2)7-9-18(21)19-12-15-10-13(3)20-24-15/h6-11H,4-5,12H2,1-3H3,(H,19,21). The number of rotatable bonds is 8. The van der Waals surface area contributed by atoms with Crippen molar-refractivity contribution in [3.05, 3.63) is 47.4 Å². The molecule has 0 fully saturated rings. The molecule has 6 nitrogen and oxygen atoms in total. The van der Waals surface area contributed by atoms with Gasteiger partial charge < -0.3 is 19.3 Å². The highest BCUT2D eigenvalue weighted by Crippen LogP contribution is 2.28. The van der Waals surface area contributed by atoms with Crippen LogP contribution in [0.15, 0.2) is 34.9 Å². The molecule has 0 unspecified atom stereocenters. The van der Waals surface area contributed by atoms with Crippen molar-refractivity contribution in [3.63, 3.8) is 0 Å². The average Bonchev–Trinajstić information content (AvgIpc) is 2.99. The smallest absolute Gasteiger partial charge is 0.244 e. The summed E-state index contributed by atoms with van der Waals surface area (Å²) in [5.74, 6) is 1.77. The number of aromatic nitrogens is 1. The molecule has 6 heteroatoms. The summed E-state index contributed by atoms with van der Waals surface area (Å²) in [4.78, 5) is 11.9. The van der Waals surface area contributed by atoms with Crippen LogP contribution in [0.25, 0.3) is 6.08 Å². The van der Waals surface area contributed by atoms with E-state index in [-0.39, 0.29) is 5.91 Å². The van der Waals surface area contributed by atoms with E-state index in [0.717, 1.165) is 11.3 Å². The predicted molar refractivity (Wildman–Crippen MR) is 90.9 cm³/mol. The van der Waals surface area contributed by atoms with Crippen molar-refractivity contribution in [2.45, 2.75) is 27.3 Å². The third kappa shape index (κ3) is 5.15. The van der Waals surface area contributed by atoms with Gasteiger partial charge in [0.2, 0.25) is 5.91 Å². The van der Waals surface area contributed by atoms with Crippen molar-refractivity contribution in [2.75, 3.05) is 13.2 Å². The molecule has 128 valence electrons. The maximum atomic E-state index is 11.9. The van der Waals surface area contributed by atoms with Crippen molar-refractivity contribution in [1.82, 2.24) is 10.5 Å². The molecular weight excluding hydrogens is 308 g/mol. The van der Waals surface area contributed by atoms with Gasteiger partial charge in [-0.3, -0.25) is 4.79 Å². The Morgan fingerprint density at radius 2 is 1.96 bits per heavy atom. The molecule has 0 aliphatic rings. The molecule has 0 saturated heterocycles. The van der Waals surface area contributed by atoms with E-state index in [0.29, 0.717) is 37.0 Å². The lowest BCUT2D eigenvalue weighted by Crippen LogP contribution is -2.19. The van der Waals surface area contributed by atoms with E-state index in [1.54, 1.807) is 12.1 Å². The zero-order valence-electron chi connectivity index (χ0n) is 14.2. The van der Waals surface area contributed by atoms with Gasteiger partial charge in [-0.25, -0.2) is 0 Å². The van der Waals surface area contributed by atoms with E-state index < -0.39 is 0 Å². The number of nitrogens with zero attached hydrogens (tertiary/aromatic N) is 1. The van der Waals surface area contributed by atoms with Crippen LogP contribution in [0.5, 0.6) is 11.5 Å². The summed E-state index contributed by atoms with van der Waals surface area (Å²) < 4.78 is 16.1. The van der Waals surface area contributed by atoms with Gasteiger partial charge in [0.25, 0.3) is 0 Å². The second kappa shape index (κ2) is 8.76. The largest absolute Gasteiger partial charge is 0.490 e. The van der Waals surface area contributed by atoms with Crippen LogP contribution in [-0.2, 0) is 11.3 Å². The van der Waals surface area contributed by atoms with Crippen LogP contribution in [-0.4, -0.2) is 24.3 Å². The lowest BCUT2D eigenvalue weighted by molar-refractivity contribution is -0.116. The molecule has 0 saturated carbocycles. The first-order valence-corrected chi connectivity index (χ1v) is 7.90. The van der Waals surface area contributed by atoms with Gasteiger partial charge in [-0.1, -0.05) is 11.2 Å². The highest BCUT2D eigenvalue weighted by Gasteiger charge is 2.06. The van der Waals surface area contributed by atoms with Gasteiger partial charge in [0.05, 0.1) is 25.5 Å². The van der Waals surface area contributed by atoms with Crippen LogP contribution in [0, 0.1) is 6.92 Å². The monoisotopic (exact) mass is 330 g/mol. The minimum Gasteiger partial charge on any atom is -0.490 e. The molecule has 0 aliphatic carbocycles. The van der Waals surface area contributed by atoms with Gasteiger partial charge in [-0.05, 0) is 44.5 Å². The lowest BCUT2D eigenvalue weighted by atomic mass is 10.2. The van der Waals surface area contributed by atoms with Gasteiger partial charge in [-0.2, -0.15) is 0 Å². The summed E-state index contributed by atoms with van der Waals surface area (Å²) in [6.45, 7) is 7.08. The first kappa shape index (κ1) is 17.6. The lowest BCUT2D eigenvalue weighted by Gasteiger charge is -2.11. The number of aryl methyl sites for hydroxylation is 1. The summed E-state index contributed by atoms with van der Waals surface area (Å²) >= 11 is 0. The topological polar surface area (TPSA) is 73.6 Å². The summed E-state index contributed by atoms with van der Waals surface area (Å²) in [6, 6.07) is 7.34. The number of hydrogen-bond acceptors (Lipinski definition) is 5. The Morgan fingerprint density at radius 1 is 1.21 bits per heavy atom. The summed E-state index contributed by atoms with van der Waals surface area (Å²) in [6.07, 6.45) is 3.19.